The predicted octanol–water partition coefficient (Wildman–Crippen LogP) is 6.09. The number of piperazine rings is 2. The van der Waals surface area contributed by atoms with E-state index in [2.05, 4.69) is 20.2 Å². The molecule has 0 unspecified atom stereocenters. The second-order valence-corrected chi connectivity index (χ2v) is 13.1. The number of alkyl halides is 1. The fraction of sp³-hybridized carbons (Fsp3) is 0.600. The van der Waals surface area contributed by atoms with Gasteiger partial charge in [-0.1, -0.05) is 35.3 Å². The topological polar surface area (TPSA) is 100 Å². The minimum atomic E-state index is -0.441. The number of pyridine rings is 2. The van der Waals surface area contributed by atoms with E-state index in [1.54, 1.807) is 34.3 Å². The summed E-state index contributed by atoms with van der Waals surface area (Å²) in [5.41, 5.74) is 1.29. The average Bonchev–Trinajstić information content (AvgIpc) is 2.94. The molecule has 2 aromatic rings. The quantitative estimate of drug-likeness (QED) is 0.312. The number of aromatic nitrogens is 2. The highest BCUT2D eigenvalue weighted by Gasteiger charge is 2.26. The Balaban J connectivity index is 0.000000249. The monoisotopic (exact) mass is 658 g/mol. The highest BCUT2D eigenvalue weighted by molar-refractivity contribution is 6.29. The summed E-state index contributed by atoms with van der Waals surface area (Å²) in [7, 11) is 0. The molecule has 2 fully saturated rings. The first-order chi connectivity index (χ1) is 20.1. The molecule has 0 radical (unpaired) electrons. The number of carbonyl (C=O) groups is 2. The summed E-state index contributed by atoms with van der Waals surface area (Å²) < 4.78 is 10.6. The van der Waals surface area contributed by atoms with Crippen molar-refractivity contribution in [2.45, 2.75) is 65.2 Å². The number of ether oxygens (including phenoxy) is 2. The van der Waals surface area contributed by atoms with Crippen molar-refractivity contribution >= 4 is 47.0 Å². The van der Waals surface area contributed by atoms with Gasteiger partial charge >= 0.3 is 12.2 Å². The molecule has 4 heterocycles. The van der Waals surface area contributed by atoms with Gasteiger partial charge in [0.1, 0.15) is 21.5 Å². The van der Waals surface area contributed by atoms with Gasteiger partial charge in [0.2, 0.25) is 0 Å². The number of hydrogen-bond acceptors (Lipinski definition) is 8. The number of hydrogen-bond donors (Lipinski definition) is 1. The Labute approximate surface area is 271 Å². The molecular weight excluding hydrogens is 615 g/mol. The zero-order valence-corrected chi connectivity index (χ0v) is 28.3. The van der Waals surface area contributed by atoms with Crippen molar-refractivity contribution in [3.05, 3.63) is 58.1 Å². The lowest BCUT2D eigenvalue weighted by atomic mass is 10.2. The predicted molar refractivity (Wildman–Crippen MR) is 172 cm³/mol. The first-order valence-corrected chi connectivity index (χ1v) is 15.6. The molecule has 13 heteroatoms. The van der Waals surface area contributed by atoms with Crippen molar-refractivity contribution in [2.24, 2.45) is 0 Å². The van der Waals surface area contributed by atoms with Crippen LogP contribution in [-0.4, -0.2) is 100 Å². The highest BCUT2D eigenvalue weighted by Crippen LogP contribution is 2.14. The number of amides is 2. The second-order valence-electron chi connectivity index (χ2n) is 12.1. The summed E-state index contributed by atoms with van der Waals surface area (Å²) in [5.74, 6) is 0.490. The van der Waals surface area contributed by atoms with Gasteiger partial charge in [0.15, 0.2) is 0 Å². The zero-order valence-electron chi connectivity index (χ0n) is 26.0. The number of halogens is 3. The van der Waals surface area contributed by atoms with E-state index in [0.29, 0.717) is 29.3 Å². The van der Waals surface area contributed by atoms with Crippen LogP contribution < -0.4 is 5.32 Å². The molecule has 0 aromatic carbocycles. The number of carbonyl (C=O) groups excluding carboxylic acids is 2. The Morgan fingerprint density at radius 2 is 1.19 bits per heavy atom. The maximum Gasteiger partial charge on any atom is 0.410 e. The van der Waals surface area contributed by atoms with Crippen LogP contribution in [0.1, 0.15) is 52.7 Å². The summed E-state index contributed by atoms with van der Waals surface area (Å²) in [4.78, 5) is 37.2. The molecule has 2 aliphatic heterocycles. The maximum atomic E-state index is 12.0. The van der Waals surface area contributed by atoms with Crippen LogP contribution in [0.4, 0.5) is 9.59 Å². The van der Waals surface area contributed by atoms with E-state index in [9.17, 15) is 9.59 Å². The van der Waals surface area contributed by atoms with Crippen molar-refractivity contribution in [1.82, 2.24) is 30.0 Å². The lowest BCUT2D eigenvalue weighted by molar-refractivity contribution is 0.0138. The molecule has 240 valence electrons. The van der Waals surface area contributed by atoms with Crippen LogP contribution in [0, 0.1) is 0 Å². The minimum Gasteiger partial charge on any atom is -0.444 e. The van der Waals surface area contributed by atoms with Gasteiger partial charge in [0, 0.05) is 77.2 Å². The van der Waals surface area contributed by atoms with Gasteiger partial charge in [0.05, 0.1) is 0 Å². The van der Waals surface area contributed by atoms with Gasteiger partial charge < -0.3 is 24.6 Å². The first-order valence-electron chi connectivity index (χ1n) is 14.3. The molecule has 2 aliphatic rings. The van der Waals surface area contributed by atoms with Crippen LogP contribution in [0.15, 0.2) is 36.7 Å². The van der Waals surface area contributed by atoms with E-state index in [-0.39, 0.29) is 17.8 Å². The Morgan fingerprint density at radius 1 is 0.744 bits per heavy atom. The molecule has 1 N–H and O–H groups in total. The lowest BCUT2D eigenvalue weighted by Crippen LogP contribution is -2.49. The Kier molecular flexibility index (Phi) is 15.2. The number of nitrogens with zero attached hydrogens (tertiary/aromatic N) is 5. The standard InChI is InChI=1S/C15H22ClN3O2.C9H18N2O2.C6H5Cl2N/c1-15(2,3)21-14(20)19-8-6-18(7-9-19)11-12-4-5-13(16)17-10-12;1-9(2,3)13-8(12)11-6-4-10-5-7-11;7-3-5-1-2-6(8)9-4-5/h4-5,10H,6-9,11H2,1-3H3;10H,4-7H2,1-3H3;1-2,4H,3H2. The average molecular weight is 660 g/mol. The molecule has 0 saturated carbocycles. The van der Waals surface area contributed by atoms with Crippen LogP contribution in [0.5, 0.6) is 0 Å². The van der Waals surface area contributed by atoms with E-state index in [0.717, 1.165) is 56.9 Å². The highest BCUT2D eigenvalue weighted by atomic mass is 35.5. The minimum absolute atomic E-state index is 0.200. The van der Waals surface area contributed by atoms with E-state index in [1.165, 1.54) is 0 Å². The summed E-state index contributed by atoms with van der Waals surface area (Å²) in [6, 6.07) is 7.35. The van der Waals surface area contributed by atoms with E-state index >= 15 is 0 Å². The van der Waals surface area contributed by atoms with Crippen LogP contribution in [-0.2, 0) is 21.9 Å². The summed E-state index contributed by atoms with van der Waals surface area (Å²) in [6.07, 6.45) is 3.03. The molecule has 2 amide bonds. The van der Waals surface area contributed by atoms with Crippen LogP contribution in [0.25, 0.3) is 0 Å². The molecule has 4 rings (SSSR count). The van der Waals surface area contributed by atoms with E-state index < -0.39 is 5.60 Å². The zero-order chi connectivity index (χ0) is 32.0. The van der Waals surface area contributed by atoms with E-state index in [1.807, 2.05) is 53.7 Å². The molecule has 10 nitrogen and oxygen atoms in total. The third kappa shape index (κ3) is 15.8. The lowest BCUT2D eigenvalue weighted by Gasteiger charge is -2.35. The number of rotatable bonds is 3. The molecular formula is C30H45Cl3N6O4. The Morgan fingerprint density at radius 3 is 1.58 bits per heavy atom. The third-order valence-electron chi connectivity index (χ3n) is 5.93. The van der Waals surface area contributed by atoms with Gasteiger partial charge in [-0.2, -0.15) is 0 Å². The summed E-state index contributed by atoms with van der Waals surface area (Å²) in [5, 5.41) is 4.19. The fourth-order valence-corrected chi connectivity index (χ4v) is 4.21. The molecule has 0 bridgehead atoms. The fourth-order valence-electron chi connectivity index (χ4n) is 3.83. The smallest absolute Gasteiger partial charge is 0.410 e. The van der Waals surface area contributed by atoms with Gasteiger partial charge in [-0.05, 0) is 64.8 Å². The van der Waals surface area contributed by atoms with Gasteiger partial charge in [0.25, 0.3) is 0 Å². The van der Waals surface area contributed by atoms with Crippen molar-refractivity contribution in [3.63, 3.8) is 0 Å². The Hall–Kier alpha value is -2.37. The summed E-state index contributed by atoms with van der Waals surface area (Å²) >= 11 is 16.8. The van der Waals surface area contributed by atoms with Crippen LogP contribution in [0.2, 0.25) is 10.3 Å². The molecule has 0 spiro atoms. The van der Waals surface area contributed by atoms with Gasteiger partial charge in [-0.15, -0.1) is 11.6 Å². The number of nitrogens with one attached hydrogen (secondary N) is 1. The largest absolute Gasteiger partial charge is 0.444 e. The molecule has 0 aliphatic carbocycles. The maximum absolute atomic E-state index is 12.0. The SMILES string of the molecule is CC(C)(C)OC(=O)N1CCN(Cc2ccc(Cl)nc2)CC1.CC(C)(C)OC(=O)N1CCNCC1.ClCc1ccc(Cl)nc1. The third-order valence-corrected chi connectivity index (χ3v) is 6.69. The molecule has 2 aromatic heterocycles. The van der Waals surface area contributed by atoms with Crippen molar-refractivity contribution < 1.29 is 19.1 Å². The normalized spacial score (nSPS) is 15.8. The van der Waals surface area contributed by atoms with Crippen molar-refractivity contribution in [2.75, 3.05) is 52.4 Å². The van der Waals surface area contributed by atoms with Crippen molar-refractivity contribution in [1.29, 1.82) is 0 Å². The molecule has 43 heavy (non-hydrogen) atoms. The Bertz CT molecular complexity index is 1110. The molecule has 2 saturated heterocycles. The summed E-state index contributed by atoms with van der Waals surface area (Å²) in [6.45, 7) is 18.4. The van der Waals surface area contributed by atoms with Crippen molar-refractivity contribution in [3.8, 4) is 0 Å². The van der Waals surface area contributed by atoms with Gasteiger partial charge in [-0.3, -0.25) is 4.90 Å². The molecule has 0 atom stereocenters. The van der Waals surface area contributed by atoms with Gasteiger partial charge in [-0.25, -0.2) is 19.6 Å². The second kappa shape index (κ2) is 17.8. The first kappa shape index (κ1) is 36.8. The van der Waals surface area contributed by atoms with E-state index in [4.69, 9.17) is 44.3 Å². The van der Waals surface area contributed by atoms with Crippen LogP contribution >= 0.6 is 34.8 Å². The van der Waals surface area contributed by atoms with Crippen LogP contribution in [0.3, 0.4) is 0 Å².